The number of aromatic amines is 1. The van der Waals surface area contributed by atoms with Crippen molar-refractivity contribution in [3.05, 3.63) is 94.2 Å². The smallest absolute Gasteiger partial charge is 0.407 e. The first-order valence-corrected chi connectivity index (χ1v) is 10.9. The maximum Gasteiger partial charge on any atom is 0.407 e. The molecule has 1 amide bonds. The number of fused-ring (bicyclic) bond motifs is 4. The zero-order chi connectivity index (χ0) is 21.2. The van der Waals surface area contributed by atoms with Gasteiger partial charge in [-0.3, -0.25) is 0 Å². The largest absolute Gasteiger partial charge is 0.449 e. The summed E-state index contributed by atoms with van der Waals surface area (Å²) in [5.74, 6) is 0.0610. The molecule has 0 saturated heterocycles. The molecule has 6 heteroatoms. The Labute approximate surface area is 188 Å². The fraction of sp³-hybridized carbons (Fsp3) is 0.120. The number of rotatable bonds is 5. The standard InChI is InChI=1S/C25H20BrN3O2/c26-17-12-22-16(13-28-24(22)29-14-17)6-5-11-27-25(30)31-15-23-20-9-3-1-7-18(20)19-8-2-4-10-21(19)23/h1-10,12-14,23H,11,15H2,(H,27,30)(H,28,29). The molecule has 5 rings (SSSR count). The van der Waals surface area contributed by atoms with Gasteiger partial charge >= 0.3 is 6.09 Å². The van der Waals surface area contributed by atoms with Crippen LogP contribution in [0.25, 0.3) is 28.2 Å². The van der Waals surface area contributed by atoms with Crippen LogP contribution in [0.4, 0.5) is 4.79 Å². The van der Waals surface area contributed by atoms with Gasteiger partial charge in [-0.2, -0.15) is 0 Å². The first-order chi connectivity index (χ1) is 15.2. The number of amides is 1. The molecule has 0 unspecified atom stereocenters. The number of pyridine rings is 1. The Balaban J connectivity index is 1.19. The lowest BCUT2D eigenvalue weighted by Crippen LogP contribution is -2.26. The molecule has 0 radical (unpaired) electrons. The molecule has 0 saturated carbocycles. The Morgan fingerprint density at radius 2 is 1.84 bits per heavy atom. The van der Waals surface area contributed by atoms with Crippen molar-refractivity contribution in [3.63, 3.8) is 0 Å². The van der Waals surface area contributed by atoms with Gasteiger partial charge in [-0.25, -0.2) is 9.78 Å². The predicted molar refractivity (Wildman–Crippen MR) is 126 cm³/mol. The van der Waals surface area contributed by atoms with Gasteiger partial charge in [-0.05, 0) is 44.3 Å². The second kappa shape index (κ2) is 8.40. The zero-order valence-corrected chi connectivity index (χ0v) is 18.2. The van der Waals surface area contributed by atoms with Crippen molar-refractivity contribution < 1.29 is 9.53 Å². The Morgan fingerprint density at radius 1 is 1.13 bits per heavy atom. The third-order valence-corrected chi connectivity index (χ3v) is 5.97. The van der Waals surface area contributed by atoms with E-state index in [0.717, 1.165) is 21.1 Å². The Kier molecular flexibility index (Phi) is 5.30. The number of carbonyl (C=O) groups is 1. The summed E-state index contributed by atoms with van der Waals surface area (Å²) in [6.45, 7) is 0.691. The minimum Gasteiger partial charge on any atom is -0.449 e. The van der Waals surface area contributed by atoms with Crippen molar-refractivity contribution in [2.24, 2.45) is 0 Å². The van der Waals surface area contributed by atoms with Crippen LogP contribution >= 0.6 is 15.9 Å². The minimum absolute atomic E-state index is 0.0610. The highest BCUT2D eigenvalue weighted by Crippen LogP contribution is 2.44. The van der Waals surface area contributed by atoms with E-state index in [-0.39, 0.29) is 5.92 Å². The number of hydrogen-bond donors (Lipinski definition) is 2. The quantitative estimate of drug-likeness (QED) is 0.380. The van der Waals surface area contributed by atoms with E-state index in [1.165, 1.54) is 22.3 Å². The van der Waals surface area contributed by atoms with Crippen LogP contribution in [-0.4, -0.2) is 29.2 Å². The number of ether oxygens (including phenoxy) is 1. The molecule has 0 atom stereocenters. The molecule has 0 fully saturated rings. The van der Waals surface area contributed by atoms with Gasteiger partial charge < -0.3 is 15.0 Å². The molecule has 2 N–H and O–H groups in total. The molecule has 1 aliphatic rings. The number of aromatic nitrogens is 2. The highest BCUT2D eigenvalue weighted by atomic mass is 79.9. The van der Waals surface area contributed by atoms with E-state index in [0.29, 0.717) is 13.2 Å². The lowest BCUT2D eigenvalue weighted by Gasteiger charge is -2.14. The monoisotopic (exact) mass is 473 g/mol. The lowest BCUT2D eigenvalue weighted by atomic mass is 9.98. The van der Waals surface area contributed by atoms with Crippen LogP contribution < -0.4 is 5.32 Å². The molecular weight excluding hydrogens is 454 g/mol. The number of halogens is 1. The van der Waals surface area contributed by atoms with E-state index < -0.39 is 6.09 Å². The van der Waals surface area contributed by atoms with Crippen molar-refractivity contribution in [1.82, 2.24) is 15.3 Å². The van der Waals surface area contributed by atoms with E-state index >= 15 is 0 Å². The van der Waals surface area contributed by atoms with Gasteiger partial charge in [0.25, 0.3) is 0 Å². The lowest BCUT2D eigenvalue weighted by molar-refractivity contribution is 0.144. The zero-order valence-electron chi connectivity index (χ0n) is 16.6. The SMILES string of the molecule is O=C(NCC=Cc1c[nH]c2ncc(Br)cc12)OCC1c2ccccc2-c2ccccc21. The maximum atomic E-state index is 12.3. The summed E-state index contributed by atoms with van der Waals surface area (Å²) >= 11 is 3.44. The van der Waals surface area contributed by atoms with E-state index in [9.17, 15) is 4.79 Å². The number of H-pyrrole nitrogens is 1. The van der Waals surface area contributed by atoms with Crippen LogP contribution in [0, 0.1) is 0 Å². The number of hydrogen-bond acceptors (Lipinski definition) is 3. The van der Waals surface area contributed by atoms with Gasteiger partial charge in [0.05, 0.1) is 0 Å². The predicted octanol–water partition coefficient (Wildman–Crippen LogP) is 5.88. The van der Waals surface area contributed by atoms with E-state index in [1.54, 1.807) is 6.20 Å². The van der Waals surface area contributed by atoms with E-state index in [1.807, 2.05) is 48.7 Å². The molecule has 1 aliphatic carbocycles. The summed E-state index contributed by atoms with van der Waals surface area (Å²) in [6, 6.07) is 18.6. The summed E-state index contributed by atoms with van der Waals surface area (Å²) in [5.41, 5.74) is 6.68. The third-order valence-electron chi connectivity index (χ3n) is 5.54. The van der Waals surface area contributed by atoms with Crippen molar-refractivity contribution in [3.8, 4) is 11.1 Å². The molecule has 31 heavy (non-hydrogen) atoms. The normalized spacial score (nSPS) is 12.8. The Hall–Kier alpha value is -3.38. The first kappa shape index (κ1) is 19.6. The Bertz CT molecular complexity index is 1250. The van der Waals surface area contributed by atoms with Gasteiger partial charge in [-0.15, -0.1) is 0 Å². The van der Waals surface area contributed by atoms with Crippen LogP contribution in [0.2, 0.25) is 0 Å². The summed E-state index contributed by atoms with van der Waals surface area (Å²) in [7, 11) is 0. The fourth-order valence-corrected chi connectivity index (χ4v) is 4.44. The number of nitrogens with zero attached hydrogens (tertiary/aromatic N) is 1. The number of benzene rings is 2. The minimum atomic E-state index is -0.421. The van der Waals surface area contributed by atoms with Crippen LogP contribution in [0.1, 0.15) is 22.6 Å². The van der Waals surface area contributed by atoms with Gasteiger partial charge in [0.2, 0.25) is 0 Å². The molecular formula is C25H20BrN3O2. The van der Waals surface area contributed by atoms with Crippen LogP contribution in [0.15, 0.2) is 77.5 Å². The van der Waals surface area contributed by atoms with Crippen molar-refractivity contribution in [1.29, 1.82) is 0 Å². The average Bonchev–Trinajstić information content (AvgIpc) is 3.34. The van der Waals surface area contributed by atoms with Crippen molar-refractivity contribution in [2.45, 2.75) is 5.92 Å². The van der Waals surface area contributed by atoms with Gasteiger partial charge in [-0.1, -0.05) is 60.7 Å². The van der Waals surface area contributed by atoms with Crippen molar-refractivity contribution >= 4 is 39.1 Å². The molecule has 154 valence electrons. The summed E-state index contributed by atoms with van der Waals surface area (Å²) in [6.07, 6.45) is 7.08. The molecule has 0 aliphatic heterocycles. The molecule has 0 spiro atoms. The second-order valence-corrected chi connectivity index (χ2v) is 8.32. The highest BCUT2D eigenvalue weighted by Gasteiger charge is 2.28. The molecule has 2 aromatic carbocycles. The third kappa shape index (κ3) is 3.86. The molecule has 4 aromatic rings. The molecule has 5 nitrogen and oxygen atoms in total. The average molecular weight is 474 g/mol. The number of nitrogens with one attached hydrogen (secondary N) is 2. The summed E-state index contributed by atoms with van der Waals surface area (Å²) in [4.78, 5) is 19.7. The van der Waals surface area contributed by atoms with Crippen molar-refractivity contribution in [2.75, 3.05) is 13.2 Å². The van der Waals surface area contributed by atoms with Gasteiger partial charge in [0, 0.05) is 40.3 Å². The first-order valence-electron chi connectivity index (χ1n) is 10.1. The second-order valence-electron chi connectivity index (χ2n) is 7.40. The van der Waals surface area contributed by atoms with Gasteiger partial charge in [0.15, 0.2) is 0 Å². The van der Waals surface area contributed by atoms with E-state index in [2.05, 4.69) is 55.5 Å². The number of carbonyl (C=O) groups excluding carboxylic acids is 1. The number of alkyl carbamates (subject to hydrolysis) is 1. The van der Waals surface area contributed by atoms with Crippen LogP contribution in [0.3, 0.4) is 0 Å². The topological polar surface area (TPSA) is 67.0 Å². The summed E-state index contributed by atoms with van der Waals surface area (Å²) in [5, 5.41) is 3.81. The van der Waals surface area contributed by atoms with Crippen LogP contribution in [0.5, 0.6) is 0 Å². The summed E-state index contributed by atoms with van der Waals surface area (Å²) < 4.78 is 6.48. The van der Waals surface area contributed by atoms with E-state index in [4.69, 9.17) is 4.74 Å². The molecule has 0 bridgehead atoms. The van der Waals surface area contributed by atoms with Gasteiger partial charge in [0.1, 0.15) is 12.3 Å². The molecule has 2 heterocycles. The highest BCUT2D eigenvalue weighted by molar-refractivity contribution is 9.10. The maximum absolute atomic E-state index is 12.3. The Morgan fingerprint density at radius 3 is 2.58 bits per heavy atom. The molecule has 2 aromatic heterocycles. The van der Waals surface area contributed by atoms with Crippen LogP contribution in [-0.2, 0) is 4.74 Å². The fourth-order valence-electron chi connectivity index (χ4n) is 4.11.